The van der Waals surface area contributed by atoms with Crippen molar-refractivity contribution in [1.82, 2.24) is 5.16 Å². The summed E-state index contributed by atoms with van der Waals surface area (Å²) >= 11 is 1.66. The van der Waals surface area contributed by atoms with Crippen molar-refractivity contribution >= 4 is 23.3 Å². The number of hydrogen-bond donors (Lipinski definition) is 1. The quantitative estimate of drug-likeness (QED) is 0.449. The summed E-state index contributed by atoms with van der Waals surface area (Å²) in [6.45, 7) is 5.94. The molecule has 0 aliphatic heterocycles. The van der Waals surface area contributed by atoms with Gasteiger partial charge in [0.1, 0.15) is 10.7 Å². The number of hydrogen-bond acceptors (Lipinski definition) is 7. The van der Waals surface area contributed by atoms with Crippen molar-refractivity contribution in [3.8, 4) is 5.88 Å². The minimum atomic E-state index is -0.485. The van der Waals surface area contributed by atoms with Gasteiger partial charge in [-0.3, -0.25) is 4.79 Å². The lowest BCUT2D eigenvalue weighted by Gasteiger charge is -2.58. The molecule has 6 nitrogen and oxygen atoms in total. The maximum atomic E-state index is 13.5. The second-order valence-electron chi connectivity index (χ2n) is 12.1. The molecule has 182 valence electrons. The van der Waals surface area contributed by atoms with Gasteiger partial charge in [-0.15, -0.1) is 11.8 Å². The Morgan fingerprint density at radius 2 is 1.91 bits per heavy atom. The van der Waals surface area contributed by atoms with Gasteiger partial charge in [-0.25, -0.2) is 0 Å². The third-order valence-electron chi connectivity index (χ3n) is 8.39. The summed E-state index contributed by atoms with van der Waals surface area (Å²) in [6, 6.07) is 0. The predicted molar refractivity (Wildman–Crippen MR) is 126 cm³/mol. The largest absolute Gasteiger partial charge is 0.474 e. The van der Waals surface area contributed by atoms with Gasteiger partial charge in [0.25, 0.3) is 5.88 Å². The van der Waals surface area contributed by atoms with Crippen molar-refractivity contribution in [2.24, 2.45) is 29.1 Å². The molecule has 0 spiro atoms. The Hall–Kier alpha value is -1.34. The molecule has 1 aromatic rings. The second kappa shape index (κ2) is 8.71. The van der Waals surface area contributed by atoms with Crippen LogP contribution in [0.3, 0.4) is 0 Å². The second-order valence-corrected chi connectivity index (χ2v) is 13.4. The van der Waals surface area contributed by atoms with Crippen LogP contribution < -0.4 is 4.74 Å². The van der Waals surface area contributed by atoms with E-state index in [2.05, 4.69) is 5.16 Å². The van der Waals surface area contributed by atoms with Gasteiger partial charge in [-0.2, -0.15) is 0 Å². The van der Waals surface area contributed by atoms with Crippen LogP contribution in [0.5, 0.6) is 5.88 Å². The minimum Gasteiger partial charge on any atom is -0.474 e. The Morgan fingerprint density at radius 3 is 2.48 bits per heavy atom. The van der Waals surface area contributed by atoms with Crippen LogP contribution in [0.25, 0.3) is 0 Å². The molecule has 7 heteroatoms. The lowest BCUT2D eigenvalue weighted by atomic mass is 9.49. The fourth-order valence-corrected chi connectivity index (χ4v) is 8.37. The molecule has 1 N–H and O–H groups in total. The van der Waals surface area contributed by atoms with Gasteiger partial charge >= 0.3 is 0 Å². The number of thioether (sulfide) groups is 1. The predicted octanol–water partition coefficient (Wildman–Crippen LogP) is 5.46. The molecule has 6 rings (SSSR count). The third kappa shape index (κ3) is 4.90. The zero-order valence-corrected chi connectivity index (χ0v) is 20.9. The summed E-state index contributed by atoms with van der Waals surface area (Å²) in [7, 11) is 0. The third-order valence-corrected chi connectivity index (χ3v) is 9.80. The lowest BCUT2D eigenvalue weighted by molar-refractivity contribution is -0.151. The van der Waals surface area contributed by atoms with E-state index in [4.69, 9.17) is 9.26 Å². The van der Waals surface area contributed by atoms with Crippen molar-refractivity contribution in [2.45, 2.75) is 101 Å². The molecule has 0 saturated heterocycles. The summed E-state index contributed by atoms with van der Waals surface area (Å²) in [5, 5.41) is 15.5. The molecule has 5 fully saturated rings. The molecule has 0 amide bonds. The van der Waals surface area contributed by atoms with E-state index in [1.165, 1.54) is 6.42 Å². The minimum absolute atomic E-state index is 0.0200. The van der Waals surface area contributed by atoms with Gasteiger partial charge in [0.2, 0.25) is 11.5 Å². The van der Waals surface area contributed by atoms with Crippen LogP contribution >= 0.6 is 11.8 Å². The topological polar surface area (TPSA) is 89.6 Å². The van der Waals surface area contributed by atoms with Gasteiger partial charge in [-0.1, -0.05) is 20.3 Å². The maximum absolute atomic E-state index is 13.5. The fraction of sp³-hybridized carbons (Fsp3) is 0.808. The van der Waals surface area contributed by atoms with Crippen molar-refractivity contribution in [3.05, 3.63) is 5.76 Å². The maximum Gasteiger partial charge on any atom is 0.268 e. The van der Waals surface area contributed by atoms with E-state index in [1.54, 1.807) is 18.7 Å². The molecule has 5 aliphatic rings. The first kappa shape index (κ1) is 23.4. The number of aromatic nitrogens is 1. The number of Topliss-reactive ketones (excluding diaryl/α,β-unsaturated/α-hetero) is 2. The van der Waals surface area contributed by atoms with E-state index in [9.17, 15) is 14.7 Å². The van der Waals surface area contributed by atoms with Crippen LogP contribution in [-0.2, 0) is 4.79 Å². The van der Waals surface area contributed by atoms with Gasteiger partial charge in [0, 0.05) is 23.5 Å². The van der Waals surface area contributed by atoms with Gasteiger partial charge in [0.15, 0.2) is 0 Å². The van der Waals surface area contributed by atoms with Crippen LogP contribution in [0, 0.1) is 29.1 Å². The van der Waals surface area contributed by atoms with E-state index in [1.807, 2.05) is 13.8 Å². The van der Waals surface area contributed by atoms with E-state index in [0.717, 1.165) is 49.8 Å². The lowest BCUT2D eigenvalue weighted by Crippen LogP contribution is -2.54. The van der Waals surface area contributed by atoms with Crippen LogP contribution in [0.1, 0.15) is 95.5 Å². The molecule has 0 aromatic carbocycles. The van der Waals surface area contributed by atoms with Crippen molar-refractivity contribution in [3.63, 3.8) is 0 Å². The molecule has 5 saturated carbocycles. The molecule has 1 heterocycles. The molecular weight excluding hydrogens is 438 g/mol. The van der Waals surface area contributed by atoms with Crippen LogP contribution in [0.15, 0.2) is 9.42 Å². The Labute approximate surface area is 200 Å². The highest BCUT2D eigenvalue weighted by Gasteiger charge is 2.55. The summed E-state index contributed by atoms with van der Waals surface area (Å²) < 4.78 is 11.7. The Kier molecular flexibility index (Phi) is 6.17. The Bertz CT molecular complexity index is 904. The SMILES string of the molecule is CC(=O)CC(C)(C)COc1noc(C(=O)CC2C3CC4CC2CC(O)(C4)C3)c1SC1CCC1. The first-order chi connectivity index (χ1) is 15.6. The van der Waals surface area contributed by atoms with Gasteiger partial charge < -0.3 is 19.2 Å². The number of nitrogens with zero attached hydrogens (tertiary/aromatic N) is 1. The number of ether oxygens (including phenoxy) is 1. The first-order valence-corrected chi connectivity index (χ1v) is 13.5. The van der Waals surface area contributed by atoms with E-state index >= 15 is 0 Å². The average Bonchev–Trinajstić information content (AvgIpc) is 3.06. The van der Waals surface area contributed by atoms with Crippen LogP contribution in [0.4, 0.5) is 0 Å². The van der Waals surface area contributed by atoms with E-state index in [-0.39, 0.29) is 17.0 Å². The van der Waals surface area contributed by atoms with E-state index < -0.39 is 5.60 Å². The summed E-state index contributed by atoms with van der Waals surface area (Å²) in [6.07, 6.45) is 9.31. The summed E-state index contributed by atoms with van der Waals surface area (Å²) in [5.41, 5.74) is -0.796. The normalized spacial score (nSPS) is 33.2. The Morgan fingerprint density at radius 1 is 1.21 bits per heavy atom. The number of carbonyl (C=O) groups excluding carboxylic acids is 2. The number of carbonyl (C=O) groups is 2. The molecule has 5 aliphatic carbocycles. The van der Waals surface area contributed by atoms with Crippen molar-refractivity contribution < 1.29 is 24.0 Å². The summed E-state index contributed by atoms with van der Waals surface area (Å²) in [4.78, 5) is 25.8. The summed E-state index contributed by atoms with van der Waals surface area (Å²) in [5.74, 6) is 2.74. The number of rotatable bonds is 10. The molecular formula is C26H37NO5S. The highest BCUT2D eigenvalue weighted by Crippen LogP contribution is 2.59. The zero-order valence-electron chi connectivity index (χ0n) is 20.1. The van der Waals surface area contributed by atoms with Crippen LogP contribution in [-0.4, -0.2) is 39.3 Å². The molecule has 1 aromatic heterocycles. The van der Waals surface area contributed by atoms with Gasteiger partial charge in [-0.05, 0) is 80.7 Å². The van der Waals surface area contributed by atoms with Crippen molar-refractivity contribution in [1.29, 1.82) is 0 Å². The van der Waals surface area contributed by atoms with E-state index in [0.29, 0.717) is 60.0 Å². The monoisotopic (exact) mass is 475 g/mol. The standard InChI is InChI=1S/C26H37NO5S/c1-15(28)10-25(2,3)14-31-24-23(33-19-5-4-6-19)22(32-27-24)21(29)9-20-17-7-16-8-18(20)13-26(30,11-16)12-17/h16-20,30H,4-14H2,1-3H3. The number of aliphatic hydroxyl groups is 1. The molecule has 4 bridgehead atoms. The molecule has 33 heavy (non-hydrogen) atoms. The van der Waals surface area contributed by atoms with Crippen LogP contribution in [0.2, 0.25) is 0 Å². The zero-order chi connectivity index (χ0) is 23.4. The number of ketones is 2. The highest BCUT2D eigenvalue weighted by molar-refractivity contribution is 8.00. The molecule has 2 unspecified atom stereocenters. The van der Waals surface area contributed by atoms with Gasteiger partial charge in [0.05, 0.1) is 12.2 Å². The Balaban J connectivity index is 1.31. The van der Waals surface area contributed by atoms with Crippen molar-refractivity contribution in [2.75, 3.05) is 6.61 Å². The molecule has 0 radical (unpaired) electrons. The average molecular weight is 476 g/mol. The highest BCUT2D eigenvalue weighted by atomic mass is 32.2. The molecule has 2 atom stereocenters. The first-order valence-electron chi connectivity index (χ1n) is 12.6. The smallest absolute Gasteiger partial charge is 0.268 e. The fourth-order valence-electron chi connectivity index (χ4n) is 7.01.